The molecule has 90 valence electrons. The van der Waals surface area contributed by atoms with E-state index in [-0.39, 0.29) is 0 Å². The van der Waals surface area contributed by atoms with Gasteiger partial charge in [0.15, 0.2) is 0 Å². The van der Waals surface area contributed by atoms with Gasteiger partial charge in [-0.25, -0.2) is 0 Å². The molecule has 0 aliphatic heterocycles. The lowest BCUT2D eigenvalue weighted by atomic mass is 10.2. The molecule has 0 spiro atoms. The maximum atomic E-state index is 8.87. The van der Waals surface area contributed by atoms with E-state index in [9.17, 15) is 0 Å². The van der Waals surface area contributed by atoms with Gasteiger partial charge in [0.25, 0.3) is 0 Å². The molecule has 0 aliphatic carbocycles. The van der Waals surface area contributed by atoms with E-state index in [4.69, 9.17) is 38.9 Å². The van der Waals surface area contributed by atoms with E-state index < -0.39 is 0 Å². The molecular formula is C13H8Cl2N2O. The maximum Gasteiger partial charge on any atom is 0.129 e. The Balaban J connectivity index is 2.29. The van der Waals surface area contributed by atoms with Crippen LogP contribution in [0.4, 0.5) is 5.69 Å². The third kappa shape index (κ3) is 2.67. The van der Waals surface area contributed by atoms with Crippen LogP contribution < -0.4 is 10.5 Å². The van der Waals surface area contributed by atoms with Crippen LogP contribution in [0.3, 0.4) is 0 Å². The van der Waals surface area contributed by atoms with E-state index in [1.54, 1.807) is 36.4 Å². The minimum atomic E-state index is 0.368. The molecule has 0 fully saturated rings. The summed E-state index contributed by atoms with van der Waals surface area (Å²) in [6.45, 7) is 0. The molecule has 2 aromatic carbocycles. The van der Waals surface area contributed by atoms with Crippen molar-refractivity contribution >= 4 is 28.9 Å². The van der Waals surface area contributed by atoms with Gasteiger partial charge < -0.3 is 10.5 Å². The number of nitriles is 1. The Labute approximate surface area is 114 Å². The van der Waals surface area contributed by atoms with E-state index in [0.29, 0.717) is 32.8 Å². The van der Waals surface area contributed by atoms with Gasteiger partial charge in [-0.05, 0) is 24.3 Å². The first kappa shape index (κ1) is 12.6. The van der Waals surface area contributed by atoms with Gasteiger partial charge in [0.1, 0.15) is 17.6 Å². The zero-order valence-electron chi connectivity index (χ0n) is 9.15. The molecule has 0 aliphatic rings. The molecule has 2 aromatic rings. The molecule has 0 radical (unpaired) electrons. The first-order valence-corrected chi connectivity index (χ1v) is 5.78. The molecule has 0 aromatic heterocycles. The number of anilines is 1. The molecule has 0 atom stereocenters. The van der Waals surface area contributed by atoms with Crippen molar-refractivity contribution in [3.63, 3.8) is 0 Å². The van der Waals surface area contributed by atoms with E-state index >= 15 is 0 Å². The van der Waals surface area contributed by atoms with Crippen molar-refractivity contribution in [2.75, 3.05) is 5.73 Å². The second-order valence-corrected chi connectivity index (χ2v) is 4.35. The summed E-state index contributed by atoms with van der Waals surface area (Å²) >= 11 is 11.7. The molecule has 0 saturated heterocycles. The maximum absolute atomic E-state index is 8.87. The van der Waals surface area contributed by atoms with E-state index in [1.165, 1.54) is 0 Å². The lowest BCUT2D eigenvalue weighted by Crippen LogP contribution is -1.91. The summed E-state index contributed by atoms with van der Waals surface area (Å²) in [7, 11) is 0. The van der Waals surface area contributed by atoms with Crippen molar-refractivity contribution in [1.29, 1.82) is 5.26 Å². The third-order valence-corrected chi connectivity index (χ3v) is 3.01. The van der Waals surface area contributed by atoms with E-state index in [0.717, 1.165) is 0 Å². The van der Waals surface area contributed by atoms with Crippen LogP contribution in [-0.2, 0) is 0 Å². The van der Waals surface area contributed by atoms with Gasteiger partial charge in [0.05, 0.1) is 15.6 Å². The van der Waals surface area contributed by atoms with E-state index in [2.05, 4.69) is 0 Å². The van der Waals surface area contributed by atoms with Crippen LogP contribution in [0.1, 0.15) is 5.56 Å². The summed E-state index contributed by atoms with van der Waals surface area (Å²) in [6, 6.07) is 11.8. The second kappa shape index (κ2) is 5.18. The van der Waals surface area contributed by atoms with Crippen LogP contribution in [0.2, 0.25) is 10.0 Å². The zero-order valence-corrected chi connectivity index (χ0v) is 10.7. The highest BCUT2D eigenvalue weighted by atomic mass is 35.5. The fourth-order valence-corrected chi connectivity index (χ4v) is 1.66. The Morgan fingerprint density at radius 3 is 2.33 bits per heavy atom. The second-order valence-electron chi connectivity index (χ2n) is 3.54. The van der Waals surface area contributed by atoms with Gasteiger partial charge >= 0.3 is 0 Å². The van der Waals surface area contributed by atoms with Crippen LogP contribution in [0.25, 0.3) is 0 Å². The number of benzene rings is 2. The average molecular weight is 279 g/mol. The van der Waals surface area contributed by atoms with Crippen molar-refractivity contribution in [3.8, 4) is 17.6 Å². The molecule has 2 rings (SSSR count). The Morgan fingerprint density at radius 2 is 1.67 bits per heavy atom. The highest BCUT2D eigenvalue weighted by Gasteiger charge is 2.04. The van der Waals surface area contributed by atoms with Crippen LogP contribution in [0.5, 0.6) is 11.5 Å². The van der Waals surface area contributed by atoms with Crippen molar-refractivity contribution in [1.82, 2.24) is 0 Å². The summed E-state index contributed by atoms with van der Waals surface area (Å²) in [5.41, 5.74) is 6.40. The zero-order chi connectivity index (χ0) is 13.1. The molecule has 2 N–H and O–H groups in total. The number of halogens is 2. The van der Waals surface area contributed by atoms with Crippen LogP contribution in [0.15, 0.2) is 36.4 Å². The first-order chi connectivity index (χ1) is 8.60. The SMILES string of the molecule is N#Cc1cc(Oc2ccc(Cl)c(Cl)c2)ccc1N. The van der Waals surface area contributed by atoms with Gasteiger partial charge in [0.2, 0.25) is 0 Å². The highest BCUT2D eigenvalue weighted by Crippen LogP contribution is 2.30. The lowest BCUT2D eigenvalue weighted by molar-refractivity contribution is 0.482. The number of ether oxygens (including phenoxy) is 1. The molecule has 0 heterocycles. The van der Waals surface area contributed by atoms with Gasteiger partial charge in [-0.1, -0.05) is 23.2 Å². The summed E-state index contributed by atoms with van der Waals surface area (Å²) in [5, 5.41) is 9.73. The number of hydrogen-bond donors (Lipinski definition) is 1. The lowest BCUT2D eigenvalue weighted by Gasteiger charge is -2.07. The monoisotopic (exact) mass is 278 g/mol. The molecular weight excluding hydrogens is 271 g/mol. The fraction of sp³-hybridized carbons (Fsp3) is 0. The van der Waals surface area contributed by atoms with Gasteiger partial charge in [-0.3, -0.25) is 0 Å². The molecule has 3 nitrogen and oxygen atoms in total. The first-order valence-electron chi connectivity index (χ1n) is 5.02. The summed E-state index contributed by atoms with van der Waals surface area (Å²) < 4.78 is 5.56. The molecule has 18 heavy (non-hydrogen) atoms. The third-order valence-electron chi connectivity index (χ3n) is 2.27. The van der Waals surface area contributed by atoms with Crippen molar-refractivity contribution in [2.24, 2.45) is 0 Å². The Kier molecular flexibility index (Phi) is 3.61. The average Bonchev–Trinajstić information content (AvgIpc) is 2.36. The summed E-state index contributed by atoms with van der Waals surface area (Å²) in [5.74, 6) is 1.05. The van der Waals surface area contributed by atoms with Gasteiger partial charge in [-0.2, -0.15) is 5.26 Å². The number of hydrogen-bond acceptors (Lipinski definition) is 3. The quantitative estimate of drug-likeness (QED) is 0.836. The predicted molar refractivity (Wildman–Crippen MR) is 72.1 cm³/mol. The summed E-state index contributed by atoms with van der Waals surface area (Å²) in [6.07, 6.45) is 0. The number of rotatable bonds is 2. The van der Waals surface area contributed by atoms with Crippen molar-refractivity contribution < 1.29 is 4.74 Å². The smallest absolute Gasteiger partial charge is 0.129 e. The molecule has 0 amide bonds. The Hall–Kier alpha value is -1.89. The largest absolute Gasteiger partial charge is 0.457 e. The van der Waals surface area contributed by atoms with Crippen LogP contribution in [0, 0.1) is 11.3 Å². The molecule has 0 unspecified atom stereocenters. The predicted octanol–water partition coefficient (Wildman–Crippen LogP) is 4.24. The standard InChI is InChI=1S/C13H8Cl2N2O/c14-11-3-1-10(6-12(11)15)18-9-2-4-13(17)8(5-9)7-16/h1-6H,17H2. The Morgan fingerprint density at radius 1 is 1.00 bits per heavy atom. The minimum absolute atomic E-state index is 0.368. The number of nitrogen functional groups attached to an aromatic ring is 1. The number of nitrogens with two attached hydrogens (primary N) is 1. The summed E-state index contributed by atoms with van der Waals surface area (Å²) in [4.78, 5) is 0. The van der Waals surface area contributed by atoms with E-state index in [1.807, 2.05) is 6.07 Å². The Bertz CT molecular complexity index is 635. The van der Waals surface area contributed by atoms with Crippen LogP contribution >= 0.6 is 23.2 Å². The topological polar surface area (TPSA) is 59.0 Å². The molecule has 0 saturated carbocycles. The number of nitrogens with zero attached hydrogens (tertiary/aromatic N) is 1. The van der Waals surface area contributed by atoms with Crippen molar-refractivity contribution in [3.05, 3.63) is 52.0 Å². The van der Waals surface area contributed by atoms with Gasteiger partial charge in [-0.15, -0.1) is 0 Å². The minimum Gasteiger partial charge on any atom is -0.457 e. The van der Waals surface area contributed by atoms with Gasteiger partial charge in [0, 0.05) is 17.8 Å². The highest BCUT2D eigenvalue weighted by molar-refractivity contribution is 6.42. The molecule has 0 bridgehead atoms. The normalized spacial score (nSPS) is 9.83. The van der Waals surface area contributed by atoms with Crippen molar-refractivity contribution in [2.45, 2.75) is 0 Å². The van der Waals surface area contributed by atoms with Crippen LogP contribution in [-0.4, -0.2) is 0 Å². The molecule has 5 heteroatoms. The fourth-order valence-electron chi connectivity index (χ4n) is 1.37.